The minimum Gasteiger partial charge on any atom is -0.337 e. The largest absolute Gasteiger partial charge is 0.337 e. The number of aromatic amines is 1. The Bertz CT molecular complexity index is 287. The summed E-state index contributed by atoms with van der Waals surface area (Å²) in [5, 5.41) is 0. The maximum atomic E-state index is 5.15. The first-order chi connectivity index (χ1) is 6.25. The van der Waals surface area contributed by atoms with E-state index in [0.717, 1.165) is 4.77 Å². The quantitative estimate of drug-likeness (QED) is 0.565. The highest BCUT2D eigenvalue weighted by molar-refractivity contribution is 7.71. The molecule has 1 aromatic rings. The number of rotatable bonds is 5. The van der Waals surface area contributed by atoms with Crippen LogP contribution in [0.2, 0.25) is 0 Å². The van der Waals surface area contributed by atoms with Gasteiger partial charge in [-0.3, -0.25) is 0 Å². The van der Waals surface area contributed by atoms with Crippen LogP contribution in [0.4, 0.5) is 0 Å². The Balaban J connectivity index is 2.44. The van der Waals surface area contributed by atoms with E-state index in [9.17, 15) is 0 Å². The van der Waals surface area contributed by atoms with E-state index in [1.54, 1.807) is 0 Å². The molecule has 2 nitrogen and oxygen atoms in total. The van der Waals surface area contributed by atoms with Crippen molar-refractivity contribution in [2.75, 3.05) is 0 Å². The first-order valence-electron chi connectivity index (χ1n) is 5.01. The third kappa shape index (κ3) is 2.99. The van der Waals surface area contributed by atoms with Crippen molar-refractivity contribution in [3.8, 4) is 0 Å². The topological polar surface area (TPSA) is 20.7 Å². The van der Waals surface area contributed by atoms with E-state index in [2.05, 4.69) is 23.4 Å². The number of imidazole rings is 1. The smallest absolute Gasteiger partial charge is 0.177 e. The van der Waals surface area contributed by atoms with Gasteiger partial charge in [0.05, 0.1) is 0 Å². The number of nitrogens with zero attached hydrogens (tertiary/aromatic N) is 1. The van der Waals surface area contributed by atoms with Gasteiger partial charge >= 0.3 is 0 Å². The molecule has 1 N–H and O–H groups in total. The molecule has 1 aromatic heterocycles. The molecule has 13 heavy (non-hydrogen) atoms. The minimum atomic E-state index is 0.533. The molecule has 1 rings (SSSR count). The Hall–Kier alpha value is -0.570. The molecular weight excluding hydrogens is 180 g/mol. The highest BCUT2D eigenvalue weighted by Crippen LogP contribution is 2.14. The van der Waals surface area contributed by atoms with E-state index in [-0.39, 0.29) is 0 Å². The maximum Gasteiger partial charge on any atom is 0.177 e. The SMILES string of the molecule is CCCCC[C@H](C)n1cc[nH]c1=S. The summed E-state index contributed by atoms with van der Waals surface area (Å²) >= 11 is 5.15. The van der Waals surface area contributed by atoms with Crippen LogP contribution >= 0.6 is 12.2 Å². The molecule has 0 fully saturated rings. The van der Waals surface area contributed by atoms with Crippen LogP contribution in [0.25, 0.3) is 0 Å². The van der Waals surface area contributed by atoms with Crippen molar-refractivity contribution in [1.29, 1.82) is 0 Å². The Morgan fingerprint density at radius 3 is 2.85 bits per heavy atom. The fourth-order valence-corrected chi connectivity index (χ4v) is 1.82. The molecule has 1 heterocycles. The first kappa shape index (κ1) is 10.5. The first-order valence-corrected chi connectivity index (χ1v) is 5.42. The van der Waals surface area contributed by atoms with E-state index < -0.39 is 0 Å². The predicted octanol–water partition coefficient (Wildman–Crippen LogP) is 3.69. The standard InChI is InChI=1S/C10H18N2S/c1-3-4-5-6-9(2)12-8-7-11-10(12)13/h7-9H,3-6H2,1-2H3,(H,11,13)/t9-/m0/s1. The molecule has 0 aliphatic carbocycles. The van der Waals surface area contributed by atoms with Gasteiger partial charge < -0.3 is 9.55 Å². The summed E-state index contributed by atoms with van der Waals surface area (Å²) in [6.45, 7) is 4.45. The lowest BCUT2D eigenvalue weighted by Crippen LogP contribution is -2.03. The number of unbranched alkanes of at least 4 members (excludes halogenated alkanes) is 2. The van der Waals surface area contributed by atoms with E-state index in [0.29, 0.717) is 6.04 Å². The summed E-state index contributed by atoms with van der Waals surface area (Å²) in [5.41, 5.74) is 0. The minimum absolute atomic E-state index is 0.533. The number of H-pyrrole nitrogens is 1. The summed E-state index contributed by atoms with van der Waals surface area (Å²) in [6.07, 6.45) is 9.05. The van der Waals surface area contributed by atoms with Crippen LogP contribution in [0.5, 0.6) is 0 Å². The molecule has 0 aliphatic heterocycles. The fourth-order valence-electron chi connectivity index (χ4n) is 1.51. The van der Waals surface area contributed by atoms with Gasteiger partial charge in [0.1, 0.15) is 0 Å². The molecule has 0 aromatic carbocycles. The second-order valence-electron chi connectivity index (χ2n) is 3.52. The van der Waals surface area contributed by atoms with Crippen LogP contribution in [0, 0.1) is 4.77 Å². The van der Waals surface area contributed by atoms with Crippen molar-refractivity contribution in [2.45, 2.75) is 45.6 Å². The normalized spacial score (nSPS) is 13.1. The van der Waals surface area contributed by atoms with Gasteiger partial charge in [-0.1, -0.05) is 26.2 Å². The van der Waals surface area contributed by atoms with Crippen molar-refractivity contribution >= 4 is 12.2 Å². The van der Waals surface area contributed by atoms with Crippen molar-refractivity contribution in [2.24, 2.45) is 0 Å². The zero-order valence-electron chi connectivity index (χ0n) is 8.42. The molecule has 0 spiro atoms. The van der Waals surface area contributed by atoms with Gasteiger partial charge in [-0.25, -0.2) is 0 Å². The van der Waals surface area contributed by atoms with Crippen molar-refractivity contribution in [3.63, 3.8) is 0 Å². The van der Waals surface area contributed by atoms with Crippen LogP contribution in [0.1, 0.15) is 45.6 Å². The lowest BCUT2D eigenvalue weighted by molar-refractivity contribution is 0.473. The molecule has 0 unspecified atom stereocenters. The van der Waals surface area contributed by atoms with E-state index >= 15 is 0 Å². The molecule has 0 radical (unpaired) electrons. The van der Waals surface area contributed by atoms with Gasteiger partial charge in [-0.05, 0) is 25.6 Å². The van der Waals surface area contributed by atoms with Crippen LogP contribution in [0.3, 0.4) is 0 Å². The third-order valence-electron chi connectivity index (χ3n) is 2.38. The second kappa shape index (κ2) is 5.22. The Labute approximate surface area is 85.0 Å². The van der Waals surface area contributed by atoms with Crippen LogP contribution < -0.4 is 0 Å². The Morgan fingerprint density at radius 1 is 1.54 bits per heavy atom. The van der Waals surface area contributed by atoms with Gasteiger partial charge in [0.25, 0.3) is 0 Å². The molecule has 3 heteroatoms. The monoisotopic (exact) mass is 198 g/mol. The molecule has 0 bridgehead atoms. The van der Waals surface area contributed by atoms with Crippen LogP contribution in [-0.2, 0) is 0 Å². The van der Waals surface area contributed by atoms with E-state index in [1.807, 2.05) is 12.4 Å². The summed E-state index contributed by atoms with van der Waals surface area (Å²) in [4.78, 5) is 3.02. The summed E-state index contributed by atoms with van der Waals surface area (Å²) in [5.74, 6) is 0. The number of hydrogen-bond acceptors (Lipinski definition) is 1. The molecule has 0 amide bonds. The summed E-state index contributed by atoms with van der Waals surface area (Å²) in [6, 6.07) is 0.533. The predicted molar refractivity (Wildman–Crippen MR) is 58.5 cm³/mol. The van der Waals surface area contributed by atoms with E-state index in [4.69, 9.17) is 12.2 Å². The molecule has 1 atom stereocenters. The highest BCUT2D eigenvalue weighted by atomic mass is 32.1. The van der Waals surface area contributed by atoms with Crippen molar-refractivity contribution < 1.29 is 0 Å². The second-order valence-corrected chi connectivity index (χ2v) is 3.90. The van der Waals surface area contributed by atoms with Gasteiger partial charge in [-0.15, -0.1) is 0 Å². The molecule has 0 saturated carbocycles. The maximum absolute atomic E-state index is 5.15. The lowest BCUT2D eigenvalue weighted by atomic mass is 10.1. The van der Waals surface area contributed by atoms with Gasteiger partial charge in [-0.2, -0.15) is 0 Å². The van der Waals surface area contributed by atoms with Gasteiger partial charge in [0.2, 0.25) is 0 Å². The van der Waals surface area contributed by atoms with Crippen LogP contribution in [0.15, 0.2) is 12.4 Å². The third-order valence-corrected chi connectivity index (χ3v) is 2.71. The van der Waals surface area contributed by atoms with Crippen molar-refractivity contribution in [3.05, 3.63) is 17.2 Å². The number of hydrogen-bond donors (Lipinski definition) is 1. The van der Waals surface area contributed by atoms with Crippen molar-refractivity contribution in [1.82, 2.24) is 9.55 Å². The lowest BCUT2D eigenvalue weighted by Gasteiger charge is -2.12. The van der Waals surface area contributed by atoms with Gasteiger partial charge in [0, 0.05) is 18.4 Å². The molecular formula is C10H18N2S. The summed E-state index contributed by atoms with van der Waals surface area (Å²) < 4.78 is 2.97. The average Bonchev–Trinajstić information content (AvgIpc) is 2.52. The average molecular weight is 198 g/mol. The van der Waals surface area contributed by atoms with Crippen LogP contribution in [-0.4, -0.2) is 9.55 Å². The molecule has 0 saturated heterocycles. The number of nitrogens with one attached hydrogen (secondary N) is 1. The summed E-state index contributed by atoms with van der Waals surface area (Å²) in [7, 11) is 0. The Morgan fingerprint density at radius 2 is 2.31 bits per heavy atom. The molecule has 0 aliphatic rings. The zero-order valence-corrected chi connectivity index (χ0v) is 9.23. The number of aromatic nitrogens is 2. The Kier molecular flexibility index (Phi) is 4.22. The highest BCUT2D eigenvalue weighted by Gasteiger charge is 2.03. The fraction of sp³-hybridized carbons (Fsp3) is 0.700. The van der Waals surface area contributed by atoms with Gasteiger partial charge in [0.15, 0.2) is 4.77 Å². The molecule has 74 valence electrons. The zero-order chi connectivity index (χ0) is 9.68. The van der Waals surface area contributed by atoms with E-state index in [1.165, 1.54) is 25.7 Å².